The minimum Gasteiger partial charge on any atom is -0.493 e. The molecule has 7 heteroatoms. The zero-order valence-corrected chi connectivity index (χ0v) is 17.7. The van der Waals surface area contributed by atoms with Crippen LogP contribution in [-0.2, 0) is 4.74 Å². The third-order valence-corrected chi connectivity index (χ3v) is 6.11. The Morgan fingerprint density at radius 3 is 2.80 bits per heavy atom. The highest BCUT2D eigenvalue weighted by atomic mass is 16.5. The smallest absolute Gasteiger partial charge is 0.163 e. The maximum absolute atomic E-state index is 6.12. The minimum atomic E-state index is 0.578. The van der Waals surface area contributed by atoms with Crippen molar-refractivity contribution in [2.75, 3.05) is 58.1 Å². The fourth-order valence-corrected chi connectivity index (χ4v) is 4.59. The molecule has 5 rings (SSSR count). The molecule has 4 heterocycles. The second kappa shape index (κ2) is 8.70. The number of anilines is 1. The number of fused-ring (bicyclic) bond motifs is 3. The maximum atomic E-state index is 6.12. The van der Waals surface area contributed by atoms with Gasteiger partial charge in [0.1, 0.15) is 12.5 Å². The number of ether oxygens (including phenoxy) is 3. The van der Waals surface area contributed by atoms with Crippen LogP contribution in [0.4, 0.5) is 5.82 Å². The van der Waals surface area contributed by atoms with Crippen LogP contribution in [0.5, 0.6) is 11.5 Å². The van der Waals surface area contributed by atoms with Crippen LogP contribution in [0.1, 0.15) is 25.7 Å². The Balaban J connectivity index is 1.42. The number of hydrogen-bond acceptors (Lipinski definition) is 6. The van der Waals surface area contributed by atoms with Crippen LogP contribution in [-0.4, -0.2) is 68.1 Å². The van der Waals surface area contributed by atoms with Crippen LogP contribution in [0, 0.1) is 0 Å². The number of methoxy groups -OCH3 is 1. The van der Waals surface area contributed by atoms with Crippen molar-refractivity contribution in [3.63, 3.8) is 0 Å². The molecule has 0 bridgehead atoms. The summed E-state index contributed by atoms with van der Waals surface area (Å²) in [7, 11) is 1.70. The van der Waals surface area contributed by atoms with E-state index in [4.69, 9.17) is 14.2 Å². The maximum Gasteiger partial charge on any atom is 0.163 e. The first kappa shape index (κ1) is 19.5. The number of nitrogens with one attached hydrogen (secondary N) is 1. The van der Waals surface area contributed by atoms with Crippen molar-refractivity contribution in [2.24, 2.45) is 0 Å². The number of rotatable bonds is 7. The number of benzene rings is 1. The predicted octanol–water partition coefficient (Wildman–Crippen LogP) is 3.77. The highest BCUT2D eigenvalue weighted by molar-refractivity contribution is 6.13. The Kier molecular flexibility index (Phi) is 5.64. The van der Waals surface area contributed by atoms with Crippen LogP contribution in [0.25, 0.3) is 21.8 Å². The van der Waals surface area contributed by atoms with Gasteiger partial charge in [-0.25, -0.2) is 4.98 Å². The molecule has 0 atom stereocenters. The van der Waals surface area contributed by atoms with Crippen molar-refractivity contribution >= 4 is 27.6 Å². The molecule has 0 unspecified atom stereocenters. The molecule has 2 aliphatic heterocycles. The van der Waals surface area contributed by atoms with Gasteiger partial charge in [0.15, 0.2) is 11.5 Å². The van der Waals surface area contributed by atoms with Gasteiger partial charge in [-0.05, 0) is 50.9 Å². The fraction of sp³-hybridized carbons (Fsp3) is 0.522. The van der Waals surface area contributed by atoms with Gasteiger partial charge in [0.2, 0.25) is 0 Å². The van der Waals surface area contributed by atoms with E-state index in [2.05, 4.69) is 31.9 Å². The minimum absolute atomic E-state index is 0.578. The number of likely N-dealkylation sites (tertiary alicyclic amines) is 1. The van der Waals surface area contributed by atoms with Crippen molar-refractivity contribution in [3.05, 3.63) is 24.4 Å². The Morgan fingerprint density at radius 2 is 2.00 bits per heavy atom. The number of aromatic nitrogens is 2. The average Bonchev–Trinajstić information content (AvgIpc) is 3.43. The summed E-state index contributed by atoms with van der Waals surface area (Å²) in [6.07, 6.45) is 6.54. The molecule has 1 aromatic carbocycles. The molecule has 2 aliphatic rings. The zero-order valence-electron chi connectivity index (χ0n) is 17.7. The molecule has 2 saturated heterocycles. The van der Waals surface area contributed by atoms with E-state index in [9.17, 15) is 0 Å². The molecule has 0 radical (unpaired) electrons. The second-order valence-corrected chi connectivity index (χ2v) is 8.14. The van der Waals surface area contributed by atoms with Gasteiger partial charge in [-0.3, -0.25) is 0 Å². The van der Waals surface area contributed by atoms with Crippen LogP contribution in [0.2, 0.25) is 0 Å². The lowest BCUT2D eigenvalue weighted by Crippen LogP contribution is -2.33. The molecule has 0 amide bonds. The number of H-pyrrole nitrogens is 1. The molecule has 2 aromatic heterocycles. The van der Waals surface area contributed by atoms with E-state index in [1.165, 1.54) is 25.9 Å². The summed E-state index contributed by atoms with van der Waals surface area (Å²) in [5, 5.41) is 2.21. The Bertz CT molecular complexity index is 1010. The topological polar surface area (TPSA) is 62.9 Å². The summed E-state index contributed by atoms with van der Waals surface area (Å²) in [5.74, 6) is 2.50. The van der Waals surface area contributed by atoms with E-state index < -0.39 is 0 Å². The van der Waals surface area contributed by atoms with Crippen LogP contribution in [0.15, 0.2) is 24.4 Å². The van der Waals surface area contributed by atoms with Crippen molar-refractivity contribution in [3.8, 4) is 11.5 Å². The van der Waals surface area contributed by atoms with E-state index in [0.717, 1.165) is 71.7 Å². The summed E-state index contributed by atoms with van der Waals surface area (Å²) in [6, 6.07) is 6.15. The molecule has 30 heavy (non-hydrogen) atoms. The van der Waals surface area contributed by atoms with E-state index >= 15 is 0 Å². The van der Waals surface area contributed by atoms with Gasteiger partial charge in [-0.2, -0.15) is 0 Å². The standard InChI is InChI=1S/C23H30N4O3/c1-28-20-14-17-19(15-21(20)30-13-4-10-26-8-2-3-9-26)25-18-6-7-24-23(22(17)18)27-11-5-12-29-16-27/h6-7,14-15,25H,2-5,8-13,16H2,1H3. The predicted molar refractivity (Wildman–Crippen MR) is 119 cm³/mol. The zero-order chi connectivity index (χ0) is 20.3. The second-order valence-electron chi connectivity index (χ2n) is 8.14. The molecule has 0 spiro atoms. The van der Waals surface area contributed by atoms with Crippen molar-refractivity contribution in [2.45, 2.75) is 25.7 Å². The molecule has 7 nitrogen and oxygen atoms in total. The first-order chi connectivity index (χ1) is 14.8. The molecule has 3 aromatic rings. The first-order valence-electron chi connectivity index (χ1n) is 11.0. The number of aromatic amines is 1. The lowest BCUT2D eigenvalue weighted by atomic mass is 10.1. The highest BCUT2D eigenvalue weighted by Gasteiger charge is 2.20. The van der Waals surface area contributed by atoms with E-state index in [1.807, 2.05) is 12.3 Å². The van der Waals surface area contributed by atoms with E-state index in [-0.39, 0.29) is 0 Å². The van der Waals surface area contributed by atoms with Gasteiger partial charge in [0, 0.05) is 30.7 Å². The van der Waals surface area contributed by atoms with Crippen LogP contribution >= 0.6 is 0 Å². The third kappa shape index (κ3) is 3.79. The molecule has 0 aliphatic carbocycles. The van der Waals surface area contributed by atoms with Gasteiger partial charge >= 0.3 is 0 Å². The van der Waals surface area contributed by atoms with Crippen molar-refractivity contribution in [1.82, 2.24) is 14.9 Å². The Morgan fingerprint density at radius 1 is 1.10 bits per heavy atom. The van der Waals surface area contributed by atoms with Gasteiger partial charge < -0.3 is 29.0 Å². The number of hydrogen-bond donors (Lipinski definition) is 1. The summed E-state index contributed by atoms with van der Waals surface area (Å²) < 4.78 is 17.5. The number of pyridine rings is 1. The molecular weight excluding hydrogens is 380 g/mol. The van der Waals surface area contributed by atoms with Gasteiger partial charge in [0.25, 0.3) is 0 Å². The van der Waals surface area contributed by atoms with E-state index in [1.54, 1.807) is 7.11 Å². The van der Waals surface area contributed by atoms with Gasteiger partial charge in [0.05, 0.1) is 36.7 Å². The summed E-state index contributed by atoms with van der Waals surface area (Å²) in [5.41, 5.74) is 2.10. The quantitative estimate of drug-likeness (QED) is 0.598. The van der Waals surface area contributed by atoms with Gasteiger partial charge in [-0.15, -0.1) is 0 Å². The highest BCUT2D eigenvalue weighted by Crippen LogP contribution is 2.39. The van der Waals surface area contributed by atoms with Gasteiger partial charge in [-0.1, -0.05) is 0 Å². The largest absolute Gasteiger partial charge is 0.493 e. The average molecular weight is 411 g/mol. The van der Waals surface area contributed by atoms with E-state index in [0.29, 0.717) is 13.3 Å². The molecule has 1 N–H and O–H groups in total. The fourth-order valence-electron chi connectivity index (χ4n) is 4.59. The lowest BCUT2D eigenvalue weighted by molar-refractivity contribution is 0.107. The first-order valence-corrected chi connectivity index (χ1v) is 11.0. The Hall–Kier alpha value is -2.51. The number of nitrogens with zero attached hydrogens (tertiary/aromatic N) is 3. The SMILES string of the molecule is COc1cc2c(cc1OCCCN1CCCC1)[nH]c1ccnc(N3CCCOC3)c12. The van der Waals surface area contributed by atoms with Crippen molar-refractivity contribution < 1.29 is 14.2 Å². The molecule has 0 saturated carbocycles. The van der Waals surface area contributed by atoms with Crippen LogP contribution < -0.4 is 14.4 Å². The third-order valence-electron chi connectivity index (χ3n) is 6.11. The molecule has 160 valence electrons. The molecule has 2 fully saturated rings. The Labute approximate surface area is 176 Å². The normalized spacial score (nSPS) is 17.8. The molecular formula is C23H30N4O3. The lowest BCUT2D eigenvalue weighted by Gasteiger charge is -2.28. The monoisotopic (exact) mass is 410 g/mol. The summed E-state index contributed by atoms with van der Waals surface area (Å²) >= 11 is 0. The summed E-state index contributed by atoms with van der Waals surface area (Å²) in [4.78, 5) is 12.9. The summed E-state index contributed by atoms with van der Waals surface area (Å²) in [6.45, 7) is 6.58. The van der Waals surface area contributed by atoms with Crippen LogP contribution in [0.3, 0.4) is 0 Å². The van der Waals surface area contributed by atoms with Crippen molar-refractivity contribution in [1.29, 1.82) is 0 Å².